The van der Waals surface area contributed by atoms with Crippen molar-refractivity contribution in [3.63, 3.8) is 0 Å². The number of anilines is 1. The third kappa shape index (κ3) is 6.44. The number of benzene rings is 1. The molecule has 1 fully saturated rings. The van der Waals surface area contributed by atoms with E-state index in [0.717, 1.165) is 38.0 Å². The lowest BCUT2D eigenvalue weighted by Gasteiger charge is -2.22. The molecule has 0 aliphatic heterocycles. The molecule has 1 aliphatic rings. The van der Waals surface area contributed by atoms with Crippen molar-refractivity contribution >= 4 is 11.8 Å². The zero-order valence-electron chi connectivity index (χ0n) is 18.9. The lowest BCUT2D eigenvalue weighted by atomic mass is 10.1. The first-order valence-electron chi connectivity index (χ1n) is 11.1. The molecule has 0 saturated heterocycles. The van der Waals surface area contributed by atoms with Crippen LogP contribution in [-0.4, -0.2) is 60.5 Å². The highest BCUT2D eigenvalue weighted by Crippen LogP contribution is 2.28. The standard InChI is InChI=1S/C23H32FN7O/c1-3-27-23(30(2)13-14-32-16-17-6-7-17)28-12-4-5-21-20(15-25)22(26)31(29-21)19-10-8-18(24)9-11-19/h8-11,17H,3-7,12-14,16,26H2,1-2H3,(H,27,28). The van der Waals surface area contributed by atoms with Crippen molar-refractivity contribution in [3.05, 3.63) is 41.3 Å². The van der Waals surface area contributed by atoms with E-state index in [0.29, 0.717) is 36.5 Å². The predicted octanol–water partition coefficient (Wildman–Crippen LogP) is 2.72. The molecule has 1 aromatic carbocycles. The van der Waals surface area contributed by atoms with Gasteiger partial charge in [0.15, 0.2) is 5.96 Å². The molecule has 0 unspecified atom stereocenters. The summed E-state index contributed by atoms with van der Waals surface area (Å²) in [6, 6.07) is 7.99. The van der Waals surface area contributed by atoms with Crippen molar-refractivity contribution < 1.29 is 9.13 Å². The van der Waals surface area contributed by atoms with E-state index in [1.807, 2.05) is 14.0 Å². The highest BCUT2D eigenvalue weighted by molar-refractivity contribution is 5.79. The Hall–Kier alpha value is -3.12. The first-order valence-corrected chi connectivity index (χ1v) is 11.1. The van der Waals surface area contributed by atoms with E-state index in [1.165, 1.54) is 29.7 Å². The molecule has 8 nitrogen and oxygen atoms in total. The Morgan fingerprint density at radius 2 is 2.16 bits per heavy atom. The summed E-state index contributed by atoms with van der Waals surface area (Å²) in [6.45, 7) is 5.72. The highest BCUT2D eigenvalue weighted by atomic mass is 19.1. The van der Waals surface area contributed by atoms with Crippen LogP contribution in [0.25, 0.3) is 5.69 Å². The Labute approximate surface area is 188 Å². The number of nitrogens with zero attached hydrogens (tertiary/aromatic N) is 5. The van der Waals surface area contributed by atoms with Crippen molar-refractivity contribution in [3.8, 4) is 11.8 Å². The third-order valence-corrected chi connectivity index (χ3v) is 5.33. The molecule has 0 radical (unpaired) electrons. The maximum absolute atomic E-state index is 13.2. The van der Waals surface area contributed by atoms with Gasteiger partial charge in [-0.3, -0.25) is 4.99 Å². The number of rotatable bonds is 11. The van der Waals surface area contributed by atoms with Crippen molar-refractivity contribution in [2.24, 2.45) is 10.9 Å². The predicted molar refractivity (Wildman–Crippen MR) is 123 cm³/mol. The molecule has 0 atom stereocenters. The van der Waals surface area contributed by atoms with Gasteiger partial charge in [0.05, 0.1) is 18.0 Å². The van der Waals surface area contributed by atoms with Gasteiger partial charge in [-0.25, -0.2) is 9.07 Å². The summed E-state index contributed by atoms with van der Waals surface area (Å²) < 4.78 is 20.4. The topological polar surface area (TPSA) is 104 Å². The Morgan fingerprint density at radius 3 is 2.81 bits per heavy atom. The molecule has 3 rings (SSSR count). The van der Waals surface area contributed by atoms with Crippen LogP contribution in [-0.2, 0) is 11.2 Å². The lowest BCUT2D eigenvalue weighted by Crippen LogP contribution is -2.40. The summed E-state index contributed by atoms with van der Waals surface area (Å²) in [4.78, 5) is 6.76. The van der Waals surface area contributed by atoms with Gasteiger partial charge in [-0.1, -0.05) is 0 Å². The number of halogens is 1. The van der Waals surface area contributed by atoms with Gasteiger partial charge in [0.1, 0.15) is 23.3 Å². The van der Waals surface area contributed by atoms with E-state index in [2.05, 4.69) is 21.4 Å². The van der Waals surface area contributed by atoms with Gasteiger partial charge in [-0.15, -0.1) is 0 Å². The number of likely N-dealkylation sites (N-methyl/N-ethyl adjacent to an activating group) is 1. The average Bonchev–Trinajstić information content (AvgIpc) is 3.56. The monoisotopic (exact) mass is 441 g/mol. The number of guanidine groups is 1. The van der Waals surface area contributed by atoms with Gasteiger partial charge < -0.3 is 20.7 Å². The summed E-state index contributed by atoms with van der Waals surface area (Å²) in [5.41, 5.74) is 7.72. The Kier molecular flexibility index (Phi) is 8.45. The molecule has 9 heteroatoms. The quantitative estimate of drug-likeness (QED) is 0.316. The molecule has 1 heterocycles. The molecule has 0 bridgehead atoms. The van der Waals surface area contributed by atoms with E-state index in [4.69, 9.17) is 15.5 Å². The molecule has 2 aromatic rings. The van der Waals surface area contributed by atoms with Crippen LogP contribution < -0.4 is 11.1 Å². The number of nitrogens with two attached hydrogens (primary N) is 1. The summed E-state index contributed by atoms with van der Waals surface area (Å²) in [5.74, 6) is 1.52. The minimum Gasteiger partial charge on any atom is -0.382 e. The number of nitriles is 1. The summed E-state index contributed by atoms with van der Waals surface area (Å²) in [5, 5.41) is 17.3. The zero-order valence-corrected chi connectivity index (χ0v) is 18.9. The summed E-state index contributed by atoms with van der Waals surface area (Å²) in [7, 11) is 2.00. The molecule has 32 heavy (non-hydrogen) atoms. The lowest BCUT2D eigenvalue weighted by molar-refractivity contribution is 0.115. The van der Waals surface area contributed by atoms with Gasteiger partial charge >= 0.3 is 0 Å². The Morgan fingerprint density at radius 1 is 1.41 bits per heavy atom. The van der Waals surface area contributed by atoms with Crippen LogP contribution in [0, 0.1) is 23.1 Å². The normalized spacial score (nSPS) is 13.8. The van der Waals surface area contributed by atoms with Gasteiger partial charge in [-0.05, 0) is 62.8 Å². The van der Waals surface area contributed by atoms with E-state index in [9.17, 15) is 9.65 Å². The van der Waals surface area contributed by atoms with Crippen LogP contribution in [0.1, 0.15) is 37.4 Å². The summed E-state index contributed by atoms with van der Waals surface area (Å²) in [6.07, 6.45) is 3.87. The second-order valence-corrected chi connectivity index (χ2v) is 7.99. The molecule has 1 aliphatic carbocycles. The first-order chi connectivity index (χ1) is 15.5. The van der Waals surface area contributed by atoms with Crippen molar-refractivity contribution in [2.45, 2.75) is 32.6 Å². The number of aliphatic imine (C=N–C) groups is 1. The smallest absolute Gasteiger partial charge is 0.193 e. The Bertz CT molecular complexity index is 944. The molecule has 1 aromatic heterocycles. The fraction of sp³-hybridized carbons (Fsp3) is 0.522. The summed E-state index contributed by atoms with van der Waals surface area (Å²) >= 11 is 0. The molecule has 1 saturated carbocycles. The number of aromatic nitrogens is 2. The van der Waals surface area contributed by atoms with Gasteiger partial charge in [0.25, 0.3) is 0 Å². The van der Waals surface area contributed by atoms with Gasteiger partial charge in [-0.2, -0.15) is 10.4 Å². The van der Waals surface area contributed by atoms with Crippen LogP contribution in [0.5, 0.6) is 0 Å². The molecule has 172 valence electrons. The molecular formula is C23H32FN7O. The SMILES string of the molecule is CCNC(=NCCCc1nn(-c2ccc(F)cc2)c(N)c1C#N)N(C)CCOCC1CC1. The first kappa shape index (κ1) is 23.5. The number of hydrogen-bond donors (Lipinski definition) is 2. The second kappa shape index (κ2) is 11.5. The van der Waals surface area contributed by atoms with E-state index in [1.54, 1.807) is 12.1 Å². The minimum atomic E-state index is -0.339. The van der Waals surface area contributed by atoms with E-state index in [-0.39, 0.29) is 11.6 Å². The van der Waals surface area contributed by atoms with Crippen LogP contribution in [0.3, 0.4) is 0 Å². The third-order valence-electron chi connectivity index (χ3n) is 5.33. The van der Waals surface area contributed by atoms with Crippen LogP contribution in [0.15, 0.2) is 29.3 Å². The maximum atomic E-state index is 13.2. The average molecular weight is 442 g/mol. The molecule has 0 amide bonds. The number of hydrogen-bond acceptors (Lipinski definition) is 5. The molecule has 3 N–H and O–H groups in total. The van der Waals surface area contributed by atoms with Crippen LogP contribution in [0.4, 0.5) is 10.2 Å². The largest absolute Gasteiger partial charge is 0.382 e. The van der Waals surface area contributed by atoms with Crippen molar-refractivity contribution in [1.82, 2.24) is 20.0 Å². The van der Waals surface area contributed by atoms with Gasteiger partial charge in [0.2, 0.25) is 0 Å². The Balaban J connectivity index is 1.56. The number of ether oxygens (including phenoxy) is 1. The van der Waals surface area contributed by atoms with E-state index < -0.39 is 0 Å². The molecule has 0 spiro atoms. The van der Waals surface area contributed by atoms with E-state index >= 15 is 0 Å². The van der Waals surface area contributed by atoms with Crippen molar-refractivity contribution in [1.29, 1.82) is 5.26 Å². The van der Waals surface area contributed by atoms with Gasteiger partial charge in [0, 0.05) is 33.3 Å². The second-order valence-electron chi connectivity index (χ2n) is 7.99. The maximum Gasteiger partial charge on any atom is 0.193 e. The van der Waals surface area contributed by atoms with Crippen LogP contribution in [0.2, 0.25) is 0 Å². The molecular weight excluding hydrogens is 409 g/mol. The fourth-order valence-corrected chi connectivity index (χ4v) is 3.30. The number of nitrogens with one attached hydrogen (secondary N) is 1. The zero-order chi connectivity index (χ0) is 22.9. The fourth-order valence-electron chi connectivity index (χ4n) is 3.30. The highest BCUT2D eigenvalue weighted by Gasteiger charge is 2.21. The van der Waals surface area contributed by atoms with Crippen LogP contribution >= 0.6 is 0 Å². The number of aryl methyl sites for hydroxylation is 1. The minimum absolute atomic E-state index is 0.261. The van der Waals surface area contributed by atoms with Crippen molar-refractivity contribution in [2.75, 3.05) is 45.6 Å². The number of nitrogen functional groups attached to an aromatic ring is 1.